The summed E-state index contributed by atoms with van der Waals surface area (Å²) in [5, 5.41) is 9.07. The molecule has 5 rings (SSSR count). The van der Waals surface area contributed by atoms with Gasteiger partial charge in [0.05, 0.1) is 13.7 Å². The highest BCUT2D eigenvalue weighted by molar-refractivity contribution is 9.10. The zero-order chi connectivity index (χ0) is 31.6. The lowest BCUT2D eigenvalue weighted by Gasteiger charge is -2.31. The molecule has 8 nitrogen and oxygen atoms in total. The van der Waals surface area contributed by atoms with Crippen LogP contribution in [-0.2, 0) is 22.4 Å². The maximum atomic E-state index is 14.4. The zero-order valence-electron chi connectivity index (χ0n) is 24.8. The van der Waals surface area contributed by atoms with Crippen LogP contribution in [0.2, 0.25) is 0 Å². The molecule has 10 heteroatoms. The van der Waals surface area contributed by atoms with Crippen LogP contribution in [0.1, 0.15) is 34.8 Å². The summed E-state index contributed by atoms with van der Waals surface area (Å²) in [5.74, 6) is 1.36. The van der Waals surface area contributed by atoms with E-state index in [1.165, 1.54) is 0 Å². The predicted octanol–water partition coefficient (Wildman–Crippen LogP) is 6.34. The minimum Gasteiger partial charge on any atom is -0.497 e. The van der Waals surface area contributed by atoms with Gasteiger partial charge in [0.25, 0.3) is 5.91 Å². The number of aliphatic hydroxyl groups excluding tert-OH is 1. The van der Waals surface area contributed by atoms with Crippen molar-refractivity contribution in [1.82, 2.24) is 10.9 Å². The average molecular weight is 737 g/mol. The van der Waals surface area contributed by atoms with Crippen molar-refractivity contribution in [2.45, 2.75) is 30.9 Å². The van der Waals surface area contributed by atoms with E-state index in [4.69, 9.17) is 24.3 Å². The second kappa shape index (κ2) is 15.5. The van der Waals surface area contributed by atoms with E-state index in [-0.39, 0.29) is 18.9 Å². The molecule has 0 unspecified atom stereocenters. The van der Waals surface area contributed by atoms with E-state index in [9.17, 15) is 4.79 Å². The second-order valence-corrected chi connectivity index (χ2v) is 12.5. The van der Waals surface area contributed by atoms with Gasteiger partial charge in [-0.2, -0.15) is 0 Å². The van der Waals surface area contributed by atoms with E-state index in [1.54, 1.807) is 7.11 Å². The second-order valence-electron chi connectivity index (χ2n) is 10.6. The number of aliphatic hydroxyl groups is 1. The molecule has 234 valence electrons. The molecule has 1 aliphatic heterocycles. The highest BCUT2D eigenvalue weighted by atomic mass is 79.9. The van der Waals surface area contributed by atoms with Crippen molar-refractivity contribution in [2.75, 3.05) is 26.9 Å². The van der Waals surface area contributed by atoms with Crippen LogP contribution >= 0.6 is 31.9 Å². The summed E-state index contributed by atoms with van der Waals surface area (Å²) in [6.07, 6.45) is 0.809. The Morgan fingerprint density at radius 2 is 1.62 bits per heavy atom. The molecule has 0 radical (unpaired) electrons. The van der Waals surface area contributed by atoms with Crippen molar-refractivity contribution in [3.63, 3.8) is 0 Å². The first kappa shape index (κ1) is 32.7. The highest BCUT2D eigenvalue weighted by Gasteiger charge is 2.53. The van der Waals surface area contributed by atoms with Crippen LogP contribution in [-0.4, -0.2) is 49.3 Å². The minimum absolute atomic E-state index is 0.0655. The Morgan fingerprint density at radius 3 is 2.29 bits per heavy atom. The lowest BCUT2D eigenvalue weighted by molar-refractivity contribution is -0.130. The lowest BCUT2D eigenvalue weighted by Crippen LogP contribution is -2.54. The topological polar surface area (TPSA) is 101 Å². The Morgan fingerprint density at radius 1 is 0.933 bits per heavy atom. The molecular weight excluding hydrogens is 702 g/mol. The van der Waals surface area contributed by atoms with E-state index in [0.717, 1.165) is 32.1 Å². The summed E-state index contributed by atoms with van der Waals surface area (Å²) in [6, 6.07) is 30.9. The third-order valence-electron chi connectivity index (χ3n) is 7.47. The van der Waals surface area contributed by atoms with E-state index in [0.29, 0.717) is 42.5 Å². The van der Waals surface area contributed by atoms with Crippen LogP contribution in [0.5, 0.6) is 11.5 Å². The fourth-order valence-electron chi connectivity index (χ4n) is 5.11. The Bertz CT molecular complexity index is 1600. The Labute approximate surface area is 280 Å². The number of aliphatic imine (C=N–C) groups is 1. The molecule has 4 aromatic carbocycles. The van der Waals surface area contributed by atoms with Crippen LogP contribution in [0.15, 0.2) is 111 Å². The highest BCUT2D eigenvalue weighted by Crippen LogP contribution is 2.43. The van der Waals surface area contributed by atoms with Gasteiger partial charge in [0, 0.05) is 40.5 Å². The molecule has 4 aromatic rings. The molecule has 3 N–H and O–H groups in total. The summed E-state index contributed by atoms with van der Waals surface area (Å²) in [4.78, 5) is 19.4. The van der Waals surface area contributed by atoms with E-state index in [2.05, 4.69) is 42.7 Å². The summed E-state index contributed by atoms with van der Waals surface area (Å²) >= 11 is 6.99. The number of hydrogen-bond donors (Lipinski definition) is 3. The van der Waals surface area contributed by atoms with Gasteiger partial charge < -0.3 is 19.3 Å². The fourth-order valence-corrected chi connectivity index (χ4v) is 5.64. The first-order chi connectivity index (χ1) is 21.9. The fraction of sp³-hybridized carbons (Fsp3) is 0.257. The van der Waals surface area contributed by atoms with Crippen LogP contribution in [0.25, 0.3) is 0 Å². The van der Waals surface area contributed by atoms with Gasteiger partial charge >= 0.3 is 0 Å². The summed E-state index contributed by atoms with van der Waals surface area (Å²) in [6.45, 7) is 1.01. The third kappa shape index (κ3) is 8.32. The number of nitrogens with zero attached hydrogens (tertiary/aromatic N) is 1. The Kier molecular flexibility index (Phi) is 11.3. The first-order valence-corrected chi connectivity index (χ1v) is 16.3. The molecule has 0 aromatic heterocycles. The normalized spacial score (nSPS) is 17.3. The Balaban J connectivity index is 1.48. The average Bonchev–Trinajstić information content (AvgIpc) is 3.46. The minimum atomic E-state index is -1.35. The van der Waals surface area contributed by atoms with Crippen molar-refractivity contribution in [1.29, 1.82) is 0 Å². The maximum Gasteiger partial charge on any atom is 0.266 e. The zero-order valence-corrected chi connectivity index (χ0v) is 28.0. The van der Waals surface area contributed by atoms with Crippen molar-refractivity contribution in [3.05, 3.63) is 128 Å². The molecule has 0 saturated carbocycles. The molecule has 0 bridgehead atoms. The molecular formula is C35H35Br2N3O5. The summed E-state index contributed by atoms with van der Waals surface area (Å²) in [5.41, 5.74) is 8.27. The number of methoxy groups -OCH3 is 1. The number of ether oxygens (including phenoxy) is 3. The smallest absolute Gasteiger partial charge is 0.266 e. The van der Waals surface area contributed by atoms with Gasteiger partial charge in [-0.25, -0.2) is 10.4 Å². The SMILES string of the molecule is COc1cccc([C@@H]2OC(c3ccc(OCCCO)cc3)=N[C@]2(Cc2ccc(Br)cc2)C(=O)NNCCc2ccc(Br)cc2)c1. The Hall–Kier alpha value is -3.70. The molecule has 0 fully saturated rings. The van der Waals surface area contributed by atoms with Crippen molar-refractivity contribution in [2.24, 2.45) is 4.99 Å². The number of rotatable bonds is 14. The van der Waals surface area contributed by atoms with Crippen molar-refractivity contribution >= 4 is 43.7 Å². The first-order valence-electron chi connectivity index (χ1n) is 14.7. The number of hydrogen-bond acceptors (Lipinski definition) is 7. The third-order valence-corrected chi connectivity index (χ3v) is 8.52. The maximum absolute atomic E-state index is 14.4. The lowest BCUT2D eigenvalue weighted by atomic mass is 9.82. The van der Waals surface area contributed by atoms with Crippen LogP contribution in [0, 0.1) is 0 Å². The number of hydrazine groups is 1. The van der Waals surface area contributed by atoms with Gasteiger partial charge in [0.2, 0.25) is 5.90 Å². The molecule has 1 amide bonds. The van der Waals surface area contributed by atoms with Crippen LogP contribution in [0.4, 0.5) is 0 Å². The van der Waals surface area contributed by atoms with Gasteiger partial charge in [-0.1, -0.05) is 68.3 Å². The quantitative estimate of drug-likeness (QED) is 0.103. The van der Waals surface area contributed by atoms with Crippen molar-refractivity contribution in [3.8, 4) is 11.5 Å². The number of amides is 1. The largest absolute Gasteiger partial charge is 0.497 e. The molecule has 45 heavy (non-hydrogen) atoms. The monoisotopic (exact) mass is 735 g/mol. The number of carbonyl (C=O) groups excluding carboxylic acids is 1. The number of halogens is 2. The van der Waals surface area contributed by atoms with Gasteiger partial charge in [0.1, 0.15) is 11.5 Å². The van der Waals surface area contributed by atoms with Gasteiger partial charge in [-0.15, -0.1) is 0 Å². The molecule has 0 spiro atoms. The summed E-state index contributed by atoms with van der Waals surface area (Å²) < 4.78 is 19.8. The molecule has 2 atom stereocenters. The predicted molar refractivity (Wildman–Crippen MR) is 182 cm³/mol. The number of carbonyl (C=O) groups is 1. The van der Waals surface area contributed by atoms with E-state index >= 15 is 0 Å². The van der Waals surface area contributed by atoms with Crippen LogP contribution < -0.4 is 20.3 Å². The van der Waals surface area contributed by atoms with E-state index < -0.39 is 11.6 Å². The van der Waals surface area contributed by atoms with Gasteiger partial charge in [-0.3, -0.25) is 10.2 Å². The molecule has 1 heterocycles. The standard InChI is InChI=1S/C35H35Br2N3O5/c1-43-31-5-2-4-27(22-31)32-35(23-25-8-14-29(37)15-9-25,34(42)40-38-19-18-24-6-12-28(36)13-7-24)39-33(45-32)26-10-16-30(17-11-26)44-21-3-20-41/h2,4-17,22,32,38,41H,3,18-21,23H2,1H3,(H,40,42)/t32-,35-/m0/s1. The molecule has 1 aliphatic rings. The van der Waals surface area contributed by atoms with Crippen LogP contribution in [0.3, 0.4) is 0 Å². The number of nitrogens with one attached hydrogen (secondary N) is 2. The molecule has 0 aliphatic carbocycles. The number of benzene rings is 4. The molecule has 0 saturated heterocycles. The van der Waals surface area contributed by atoms with Gasteiger partial charge in [0.15, 0.2) is 11.6 Å². The van der Waals surface area contributed by atoms with Gasteiger partial charge in [-0.05, 0) is 83.8 Å². The summed E-state index contributed by atoms with van der Waals surface area (Å²) in [7, 11) is 1.61. The van der Waals surface area contributed by atoms with E-state index in [1.807, 2.05) is 97.1 Å². The van der Waals surface area contributed by atoms with Crippen molar-refractivity contribution < 1.29 is 24.1 Å².